The van der Waals surface area contributed by atoms with Crippen molar-refractivity contribution in [2.24, 2.45) is 7.05 Å². The highest BCUT2D eigenvalue weighted by molar-refractivity contribution is 5.64. The summed E-state index contributed by atoms with van der Waals surface area (Å²) in [5.41, 5.74) is 8.58. The molecular weight excluding hydrogens is 202 g/mol. The Hall–Kier alpha value is -2.04. The fourth-order valence-electron chi connectivity index (χ4n) is 1.51. The second-order valence-electron chi connectivity index (χ2n) is 3.66. The van der Waals surface area contributed by atoms with Crippen LogP contribution < -0.4 is 11.1 Å². The molecule has 0 spiro atoms. The summed E-state index contributed by atoms with van der Waals surface area (Å²) in [4.78, 5) is 3.94. The Morgan fingerprint density at radius 3 is 3.00 bits per heavy atom. The number of pyridine rings is 1. The smallest absolute Gasteiger partial charge is 0.0736 e. The molecular formula is C11H15N5. The van der Waals surface area contributed by atoms with Gasteiger partial charge in [-0.2, -0.15) is 5.10 Å². The molecule has 0 amide bonds. The molecule has 0 radical (unpaired) electrons. The van der Waals surface area contributed by atoms with Gasteiger partial charge in [-0.05, 0) is 18.1 Å². The van der Waals surface area contributed by atoms with E-state index in [0.29, 0.717) is 5.69 Å². The maximum atomic E-state index is 5.76. The van der Waals surface area contributed by atoms with E-state index in [-0.39, 0.29) is 0 Å². The summed E-state index contributed by atoms with van der Waals surface area (Å²) in [7, 11) is 1.91. The molecule has 0 atom stereocenters. The summed E-state index contributed by atoms with van der Waals surface area (Å²) in [5.74, 6) is 0. The number of nitrogen functional groups attached to an aromatic ring is 1. The van der Waals surface area contributed by atoms with Gasteiger partial charge in [0, 0.05) is 26.0 Å². The third-order valence-corrected chi connectivity index (χ3v) is 2.34. The highest BCUT2D eigenvalue weighted by atomic mass is 15.2. The molecule has 0 aliphatic carbocycles. The molecule has 0 aliphatic rings. The monoisotopic (exact) mass is 217 g/mol. The van der Waals surface area contributed by atoms with Crippen molar-refractivity contribution in [2.75, 3.05) is 17.6 Å². The van der Waals surface area contributed by atoms with Crippen LogP contribution in [0.25, 0.3) is 0 Å². The molecule has 2 heterocycles. The van der Waals surface area contributed by atoms with E-state index < -0.39 is 0 Å². The van der Waals surface area contributed by atoms with Gasteiger partial charge >= 0.3 is 0 Å². The maximum absolute atomic E-state index is 5.76. The molecule has 0 saturated heterocycles. The minimum atomic E-state index is 0.675. The van der Waals surface area contributed by atoms with E-state index in [1.165, 1.54) is 5.56 Å². The maximum Gasteiger partial charge on any atom is 0.0736 e. The number of hydrogen-bond acceptors (Lipinski definition) is 4. The lowest BCUT2D eigenvalue weighted by Crippen LogP contribution is -2.06. The first-order valence-electron chi connectivity index (χ1n) is 5.16. The summed E-state index contributed by atoms with van der Waals surface area (Å²) in [6.45, 7) is 0.833. The van der Waals surface area contributed by atoms with E-state index in [2.05, 4.69) is 15.4 Å². The van der Waals surface area contributed by atoms with Gasteiger partial charge in [0.1, 0.15) is 0 Å². The first-order chi connectivity index (χ1) is 7.75. The average molecular weight is 217 g/mol. The molecule has 0 saturated carbocycles. The fraction of sp³-hybridized carbons (Fsp3) is 0.273. The molecule has 0 unspecified atom stereocenters. The Balaban J connectivity index is 1.87. The minimum Gasteiger partial charge on any atom is -0.396 e. The van der Waals surface area contributed by atoms with Crippen molar-refractivity contribution in [3.05, 3.63) is 36.4 Å². The Kier molecular flexibility index (Phi) is 3.05. The van der Waals surface area contributed by atoms with Crippen molar-refractivity contribution in [1.82, 2.24) is 14.8 Å². The van der Waals surface area contributed by atoms with E-state index in [4.69, 9.17) is 5.73 Å². The van der Waals surface area contributed by atoms with Gasteiger partial charge in [0.25, 0.3) is 0 Å². The largest absolute Gasteiger partial charge is 0.396 e. The lowest BCUT2D eigenvalue weighted by molar-refractivity contribution is 0.767. The van der Waals surface area contributed by atoms with Gasteiger partial charge in [-0.15, -0.1) is 0 Å². The van der Waals surface area contributed by atoms with Crippen molar-refractivity contribution >= 4 is 11.4 Å². The van der Waals surface area contributed by atoms with Gasteiger partial charge < -0.3 is 11.1 Å². The van der Waals surface area contributed by atoms with E-state index in [1.54, 1.807) is 17.1 Å². The van der Waals surface area contributed by atoms with Gasteiger partial charge in [-0.25, -0.2) is 0 Å². The third-order valence-electron chi connectivity index (χ3n) is 2.34. The predicted octanol–water partition coefficient (Wildman–Crippen LogP) is 1.05. The molecule has 2 aromatic heterocycles. The zero-order valence-corrected chi connectivity index (χ0v) is 9.22. The Bertz CT molecular complexity index is 463. The van der Waals surface area contributed by atoms with Crippen LogP contribution >= 0.6 is 0 Å². The van der Waals surface area contributed by atoms with Gasteiger partial charge in [-0.1, -0.05) is 0 Å². The molecule has 2 rings (SSSR count). The standard InChI is InChI=1S/C11H15N5/c1-16-8-9(6-15-16)2-5-14-11-3-4-13-7-10(11)12/h3-4,6-8H,2,5,12H2,1H3,(H,13,14). The topological polar surface area (TPSA) is 68.8 Å². The fourth-order valence-corrected chi connectivity index (χ4v) is 1.51. The summed E-state index contributed by atoms with van der Waals surface area (Å²) in [6, 6.07) is 1.87. The lowest BCUT2D eigenvalue weighted by Gasteiger charge is -2.07. The van der Waals surface area contributed by atoms with Crippen molar-refractivity contribution in [3.8, 4) is 0 Å². The average Bonchev–Trinajstić information content (AvgIpc) is 2.67. The van der Waals surface area contributed by atoms with Crippen LogP contribution in [-0.4, -0.2) is 21.3 Å². The first-order valence-corrected chi connectivity index (χ1v) is 5.16. The number of anilines is 2. The van der Waals surface area contributed by atoms with E-state index in [0.717, 1.165) is 18.7 Å². The van der Waals surface area contributed by atoms with Crippen LogP contribution in [0.15, 0.2) is 30.9 Å². The molecule has 5 nitrogen and oxygen atoms in total. The Labute approximate surface area is 94.3 Å². The quantitative estimate of drug-likeness (QED) is 0.803. The molecule has 0 fully saturated rings. The van der Waals surface area contributed by atoms with Crippen molar-refractivity contribution in [2.45, 2.75) is 6.42 Å². The Morgan fingerprint density at radius 1 is 1.44 bits per heavy atom. The molecule has 0 bridgehead atoms. The van der Waals surface area contributed by atoms with Gasteiger partial charge in [0.05, 0.1) is 23.8 Å². The van der Waals surface area contributed by atoms with Crippen LogP contribution in [-0.2, 0) is 13.5 Å². The van der Waals surface area contributed by atoms with Crippen molar-refractivity contribution in [3.63, 3.8) is 0 Å². The van der Waals surface area contributed by atoms with Crippen molar-refractivity contribution in [1.29, 1.82) is 0 Å². The van der Waals surface area contributed by atoms with Crippen LogP contribution in [0.3, 0.4) is 0 Å². The van der Waals surface area contributed by atoms with Crippen LogP contribution in [0.5, 0.6) is 0 Å². The second-order valence-corrected chi connectivity index (χ2v) is 3.66. The van der Waals surface area contributed by atoms with E-state index in [1.807, 2.05) is 25.5 Å². The zero-order chi connectivity index (χ0) is 11.4. The highest BCUT2D eigenvalue weighted by Crippen LogP contribution is 2.14. The number of nitrogens with two attached hydrogens (primary N) is 1. The predicted molar refractivity (Wildman–Crippen MR) is 64.1 cm³/mol. The highest BCUT2D eigenvalue weighted by Gasteiger charge is 1.98. The van der Waals surface area contributed by atoms with Crippen molar-refractivity contribution < 1.29 is 0 Å². The zero-order valence-electron chi connectivity index (χ0n) is 9.22. The van der Waals surface area contributed by atoms with Gasteiger partial charge in [-0.3, -0.25) is 9.67 Å². The number of rotatable bonds is 4. The molecule has 16 heavy (non-hydrogen) atoms. The van der Waals surface area contributed by atoms with Gasteiger partial charge in [0.2, 0.25) is 0 Å². The molecule has 84 valence electrons. The number of aromatic nitrogens is 3. The number of aryl methyl sites for hydroxylation is 1. The molecule has 5 heteroatoms. The van der Waals surface area contributed by atoms with Gasteiger partial charge in [0.15, 0.2) is 0 Å². The van der Waals surface area contributed by atoms with Crippen LogP contribution in [0.4, 0.5) is 11.4 Å². The summed E-state index contributed by atoms with van der Waals surface area (Å²) in [6.07, 6.45) is 8.18. The minimum absolute atomic E-state index is 0.675. The van der Waals surface area contributed by atoms with Crippen LogP contribution in [0.2, 0.25) is 0 Å². The molecule has 2 aromatic rings. The SMILES string of the molecule is Cn1cc(CCNc2ccncc2N)cn1. The van der Waals surface area contributed by atoms with Crippen LogP contribution in [0, 0.1) is 0 Å². The van der Waals surface area contributed by atoms with E-state index >= 15 is 0 Å². The molecule has 0 aromatic carbocycles. The summed E-state index contributed by atoms with van der Waals surface area (Å²) in [5, 5.41) is 7.38. The normalized spacial score (nSPS) is 10.3. The second kappa shape index (κ2) is 4.65. The third kappa shape index (κ3) is 2.50. The lowest BCUT2D eigenvalue weighted by atomic mass is 10.2. The first kappa shape index (κ1) is 10.5. The van der Waals surface area contributed by atoms with Crippen LogP contribution in [0.1, 0.15) is 5.56 Å². The molecule has 0 aliphatic heterocycles. The summed E-state index contributed by atoms with van der Waals surface area (Å²) < 4.78 is 1.80. The summed E-state index contributed by atoms with van der Waals surface area (Å²) >= 11 is 0. The Morgan fingerprint density at radius 2 is 2.31 bits per heavy atom. The number of hydrogen-bond donors (Lipinski definition) is 2. The van der Waals surface area contributed by atoms with E-state index in [9.17, 15) is 0 Å². The molecule has 3 N–H and O–H groups in total. The number of nitrogens with one attached hydrogen (secondary N) is 1. The number of nitrogens with zero attached hydrogens (tertiary/aromatic N) is 3.